The number of hydrogen-bond donors (Lipinski definition) is 1. The molecule has 1 heterocycles. The fourth-order valence-electron chi connectivity index (χ4n) is 2.81. The summed E-state index contributed by atoms with van der Waals surface area (Å²) in [4.78, 5) is 25.6. The van der Waals surface area contributed by atoms with Crippen molar-refractivity contribution in [3.05, 3.63) is 34.9 Å². The number of rotatable bonds is 4. The second-order valence-electron chi connectivity index (χ2n) is 5.55. The molecule has 1 aliphatic heterocycles. The van der Waals surface area contributed by atoms with Gasteiger partial charge in [-0.2, -0.15) is 0 Å². The molecule has 0 aromatic heterocycles. The standard InChI is InChI=1S/C16H22N2O3/c1-11-6-12(2)8-13(7-11)10-18-5-4-17-16(20)14(18)9-15(19)21-3/h6-8,14H,4-5,9-10H2,1-3H3,(H,17,20). The van der Waals surface area contributed by atoms with Crippen LogP contribution < -0.4 is 5.32 Å². The summed E-state index contributed by atoms with van der Waals surface area (Å²) in [5.74, 6) is -0.460. The zero-order chi connectivity index (χ0) is 15.4. The maximum absolute atomic E-state index is 12.0. The molecule has 1 saturated heterocycles. The minimum absolute atomic E-state index is 0.0904. The smallest absolute Gasteiger partial charge is 0.307 e. The first-order chi connectivity index (χ1) is 9.99. The Morgan fingerprint density at radius 3 is 2.62 bits per heavy atom. The first kappa shape index (κ1) is 15.5. The predicted octanol–water partition coefficient (Wildman–Crippen LogP) is 1.17. The maximum atomic E-state index is 12.0. The number of hydrogen-bond acceptors (Lipinski definition) is 4. The zero-order valence-electron chi connectivity index (χ0n) is 12.8. The number of amides is 1. The molecular formula is C16H22N2O3. The quantitative estimate of drug-likeness (QED) is 0.846. The van der Waals surface area contributed by atoms with Gasteiger partial charge in [0.1, 0.15) is 6.04 Å². The Morgan fingerprint density at radius 1 is 1.33 bits per heavy atom. The van der Waals surface area contributed by atoms with Crippen molar-refractivity contribution in [1.82, 2.24) is 10.2 Å². The molecule has 0 saturated carbocycles. The molecule has 1 aliphatic rings. The van der Waals surface area contributed by atoms with Crippen LogP contribution in [0.4, 0.5) is 0 Å². The van der Waals surface area contributed by atoms with Gasteiger partial charge < -0.3 is 10.1 Å². The van der Waals surface area contributed by atoms with E-state index in [1.54, 1.807) is 0 Å². The van der Waals surface area contributed by atoms with Crippen molar-refractivity contribution >= 4 is 11.9 Å². The molecule has 0 radical (unpaired) electrons. The van der Waals surface area contributed by atoms with E-state index in [9.17, 15) is 9.59 Å². The fourth-order valence-corrected chi connectivity index (χ4v) is 2.81. The van der Waals surface area contributed by atoms with Gasteiger partial charge in [-0.25, -0.2) is 0 Å². The number of piperazine rings is 1. The first-order valence-electron chi connectivity index (χ1n) is 7.15. The Bertz CT molecular complexity index is 522. The number of nitrogens with one attached hydrogen (secondary N) is 1. The number of methoxy groups -OCH3 is 1. The number of aryl methyl sites for hydroxylation is 2. The molecule has 1 aromatic carbocycles. The summed E-state index contributed by atoms with van der Waals surface area (Å²) < 4.78 is 4.69. The monoisotopic (exact) mass is 290 g/mol. The molecule has 5 heteroatoms. The summed E-state index contributed by atoms with van der Waals surface area (Å²) >= 11 is 0. The number of nitrogens with zero attached hydrogens (tertiary/aromatic N) is 1. The van der Waals surface area contributed by atoms with Crippen LogP contribution in [0.25, 0.3) is 0 Å². The van der Waals surface area contributed by atoms with Crippen molar-refractivity contribution in [1.29, 1.82) is 0 Å². The van der Waals surface area contributed by atoms with Crippen LogP contribution in [-0.4, -0.2) is 43.0 Å². The Balaban J connectivity index is 2.14. The Morgan fingerprint density at radius 2 is 2.00 bits per heavy atom. The Kier molecular flexibility index (Phi) is 4.96. The molecule has 2 rings (SSSR count). The third-order valence-corrected chi connectivity index (χ3v) is 3.70. The van der Waals surface area contributed by atoms with Crippen LogP contribution in [-0.2, 0) is 20.9 Å². The van der Waals surface area contributed by atoms with E-state index in [0.717, 1.165) is 12.1 Å². The number of carbonyl (C=O) groups is 2. The van der Waals surface area contributed by atoms with Crippen molar-refractivity contribution in [2.75, 3.05) is 20.2 Å². The predicted molar refractivity (Wildman–Crippen MR) is 79.8 cm³/mol. The van der Waals surface area contributed by atoms with E-state index in [2.05, 4.69) is 37.4 Å². The summed E-state index contributed by atoms with van der Waals surface area (Å²) in [5.41, 5.74) is 3.57. The van der Waals surface area contributed by atoms with Gasteiger partial charge in [0, 0.05) is 19.6 Å². The van der Waals surface area contributed by atoms with Gasteiger partial charge in [0.05, 0.1) is 13.5 Å². The van der Waals surface area contributed by atoms with E-state index in [1.807, 2.05) is 4.90 Å². The second-order valence-corrected chi connectivity index (χ2v) is 5.55. The van der Waals surface area contributed by atoms with Crippen LogP contribution in [0.2, 0.25) is 0 Å². The normalized spacial score (nSPS) is 19.2. The van der Waals surface area contributed by atoms with Crippen molar-refractivity contribution in [3.8, 4) is 0 Å². The van der Waals surface area contributed by atoms with Gasteiger partial charge in [-0.3, -0.25) is 14.5 Å². The number of carbonyl (C=O) groups excluding carboxylic acids is 2. The largest absolute Gasteiger partial charge is 0.469 e. The van der Waals surface area contributed by atoms with E-state index in [-0.39, 0.29) is 18.3 Å². The molecule has 1 unspecified atom stereocenters. The SMILES string of the molecule is COC(=O)CC1C(=O)NCCN1Cc1cc(C)cc(C)c1. The van der Waals surface area contributed by atoms with Gasteiger partial charge in [-0.1, -0.05) is 29.3 Å². The average molecular weight is 290 g/mol. The summed E-state index contributed by atoms with van der Waals surface area (Å²) in [6, 6.07) is 5.91. The van der Waals surface area contributed by atoms with Crippen LogP contribution >= 0.6 is 0 Å². The minimum Gasteiger partial charge on any atom is -0.469 e. The summed E-state index contributed by atoms with van der Waals surface area (Å²) in [7, 11) is 1.34. The Hall–Kier alpha value is -1.88. The van der Waals surface area contributed by atoms with E-state index in [1.165, 1.54) is 18.2 Å². The van der Waals surface area contributed by atoms with Crippen molar-refractivity contribution in [2.24, 2.45) is 0 Å². The van der Waals surface area contributed by atoms with E-state index in [4.69, 9.17) is 4.74 Å². The third kappa shape index (κ3) is 4.04. The van der Waals surface area contributed by atoms with Gasteiger partial charge in [-0.15, -0.1) is 0 Å². The average Bonchev–Trinajstić information content (AvgIpc) is 2.41. The lowest BCUT2D eigenvalue weighted by Crippen LogP contribution is -2.55. The molecule has 0 aliphatic carbocycles. The van der Waals surface area contributed by atoms with Crippen LogP contribution in [0.15, 0.2) is 18.2 Å². The van der Waals surface area contributed by atoms with Crippen LogP contribution in [0, 0.1) is 13.8 Å². The highest BCUT2D eigenvalue weighted by Gasteiger charge is 2.31. The highest BCUT2D eigenvalue weighted by molar-refractivity contribution is 5.87. The number of benzene rings is 1. The van der Waals surface area contributed by atoms with Gasteiger partial charge in [0.2, 0.25) is 5.91 Å². The molecule has 5 nitrogen and oxygen atoms in total. The molecule has 1 amide bonds. The fraction of sp³-hybridized carbons (Fsp3) is 0.500. The topological polar surface area (TPSA) is 58.6 Å². The van der Waals surface area contributed by atoms with Crippen LogP contribution in [0.1, 0.15) is 23.1 Å². The molecule has 21 heavy (non-hydrogen) atoms. The molecular weight excluding hydrogens is 268 g/mol. The Labute approximate surface area is 125 Å². The lowest BCUT2D eigenvalue weighted by Gasteiger charge is -2.34. The lowest BCUT2D eigenvalue weighted by atomic mass is 10.0. The minimum atomic E-state index is -0.452. The van der Waals surface area contributed by atoms with Crippen molar-refractivity contribution in [3.63, 3.8) is 0 Å². The highest BCUT2D eigenvalue weighted by Crippen LogP contribution is 2.16. The molecule has 1 fully saturated rings. The van der Waals surface area contributed by atoms with Gasteiger partial charge in [0.15, 0.2) is 0 Å². The molecule has 1 aromatic rings. The molecule has 0 bridgehead atoms. The van der Waals surface area contributed by atoms with E-state index < -0.39 is 6.04 Å². The first-order valence-corrected chi connectivity index (χ1v) is 7.15. The van der Waals surface area contributed by atoms with E-state index >= 15 is 0 Å². The van der Waals surface area contributed by atoms with Crippen LogP contribution in [0.3, 0.4) is 0 Å². The van der Waals surface area contributed by atoms with Gasteiger partial charge >= 0.3 is 5.97 Å². The molecule has 0 spiro atoms. The molecule has 1 N–H and O–H groups in total. The van der Waals surface area contributed by atoms with Gasteiger partial charge in [0.25, 0.3) is 0 Å². The summed E-state index contributed by atoms with van der Waals surface area (Å²) in [6.45, 7) is 6.13. The maximum Gasteiger partial charge on any atom is 0.307 e. The van der Waals surface area contributed by atoms with E-state index in [0.29, 0.717) is 13.1 Å². The number of esters is 1. The molecule has 114 valence electrons. The van der Waals surface area contributed by atoms with Crippen molar-refractivity contribution in [2.45, 2.75) is 32.9 Å². The zero-order valence-corrected chi connectivity index (χ0v) is 12.8. The molecule has 1 atom stereocenters. The van der Waals surface area contributed by atoms with Crippen molar-refractivity contribution < 1.29 is 14.3 Å². The third-order valence-electron chi connectivity index (χ3n) is 3.70. The number of ether oxygens (including phenoxy) is 1. The summed E-state index contributed by atoms with van der Waals surface area (Å²) in [6.07, 6.45) is 0.0904. The second kappa shape index (κ2) is 6.72. The van der Waals surface area contributed by atoms with Crippen LogP contribution in [0.5, 0.6) is 0 Å². The highest BCUT2D eigenvalue weighted by atomic mass is 16.5. The summed E-state index contributed by atoms with van der Waals surface area (Å²) in [5, 5.41) is 2.81. The van der Waals surface area contributed by atoms with Gasteiger partial charge in [-0.05, 0) is 19.4 Å². The lowest BCUT2D eigenvalue weighted by molar-refractivity contribution is -0.146.